The molecule has 0 fully saturated rings. The lowest BCUT2D eigenvalue weighted by Gasteiger charge is -2.20. The number of hydrogen-bond acceptors (Lipinski definition) is 6. The van der Waals surface area contributed by atoms with Crippen molar-refractivity contribution >= 4 is 5.91 Å². The van der Waals surface area contributed by atoms with E-state index in [-0.39, 0.29) is 25.4 Å². The molecular weight excluding hydrogens is 302 g/mol. The van der Waals surface area contributed by atoms with Crippen LogP contribution in [0.3, 0.4) is 0 Å². The summed E-state index contributed by atoms with van der Waals surface area (Å²) in [5, 5.41) is 1.21. The molecule has 1 aromatic carbocycles. The highest BCUT2D eigenvalue weighted by Crippen LogP contribution is 2.27. The first-order valence-corrected chi connectivity index (χ1v) is 7.21. The second kappa shape index (κ2) is 10.0. The molecule has 1 amide bonds. The summed E-state index contributed by atoms with van der Waals surface area (Å²) in [7, 11) is 6.14. The van der Waals surface area contributed by atoms with Gasteiger partial charge < -0.3 is 18.9 Å². The van der Waals surface area contributed by atoms with Crippen molar-refractivity contribution in [3.63, 3.8) is 0 Å². The first-order valence-electron chi connectivity index (χ1n) is 7.21. The fourth-order valence-electron chi connectivity index (χ4n) is 2.01. The van der Waals surface area contributed by atoms with Crippen LogP contribution in [0.15, 0.2) is 18.2 Å². The van der Waals surface area contributed by atoms with Crippen LogP contribution in [0.25, 0.3) is 0 Å². The molecule has 1 unspecified atom stereocenters. The predicted molar refractivity (Wildman–Crippen MR) is 84.1 cm³/mol. The van der Waals surface area contributed by atoms with Crippen molar-refractivity contribution in [3.8, 4) is 11.5 Å². The van der Waals surface area contributed by atoms with E-state index in [9.17, 15) is 4.79 Å². The SMILES string of the molecule is COCOc1ccc(OCOC)c(CC(C)C(=O)N(C)OC)c1. The summed E-state index contributed by atoms with van der Waals surface area (Å²) in [5.41, 5.74) is 0.848. The second-order valence-corrected chi connectivity index (χ2v) is 4.99. The minimum atomic E-state index is -0.275. The Morgan fingerprint density at radius 1 is 1.13 bits per heavy atom. The Morgan fingerprint density at radius 2 is 1.78 bits per heavy atom. The fraction of sp³-hybridized carbons (Fsp3) is 0.562. The lowest BCUT2D eigenvalue weighted by atomic mass is 9.99. The molecule has 0 aromatic heterocycles. The molecule has 0 aliphatic heterocycles. The maximum absolute atomic E-state index is 12.1. The van der Waals surface area contributed by atoms with Gasteiger partial charge in [-0.3, -0.25) is 9.63 Å². The van der Waals surface area contributed by atoms with Gasteiger partial charge in [-0.15, -0.1) is 0 Å². The molecule has 0 bridgehead atoms. The molecule has 7 nitrogen and oxygen atoms in total. The predicted octanol–water partition coefficient (Wildman–Crippen LogP) is 1.85. The standard InChI is InChI=1S/C16H25NO6/c1-12(16(18)17(2)21-5)8-13-9-14(22-10-19-3)6-7-15(13)23-11-20-4/h6-7,9,12H,8,10-11H2,1-5H3. The maximum Gasteiger partial charge on any atom is 0.249 e. The van der Waals surface area contributed by atoms with E-state index >= 15 is 0 Å². The van der Waals surface area contributed by atoms with Crippen LogP contribution in [0.4, 0.5) is 0 Å². The Balaban J connectivity index is 2.91. The Morgan fingerprint density at radius 3 is 2.39 bits per heavy atom. The number of nitrogens with zero attached hydrogens (tertiary/aromatic N) is 1. The lowest BCUT2D eigenvalue weighted by Crippen LogP contribution is -2.31. The quantitative estimate of drug-likeness (QED) is 0.483. The lowest BCUT2D eigenvalue weighted by molar-refractivity contribution is -0.172. The number of benzene rings is 1. The van der Waals surface area contributed by atoms with Gasteiger partial charge in [0.25, 0.3) is 0 Å². The summed E-state index contributed by atoms with van der Waals surface area (Å²) in [6.45, 7) is 2.12. The first-order chi connectivity index (χ1) is 11.0. The monoisotopic (exact) mass is 327 g/mol. The number of ether oxygens (including phenoxy) is 4. The average molecular weight is 327 g/mol. The van der Waals surface area contributed by atoms with Crippen LogP contribution in [-0.4, -0.2) is 52.9 Å². The molecule has 1 atom stereocenters. The van der Waals surface area contributed by atoms with Crippen LogP contribution >= 0.6 is 0 Å². The van der Waals surface area contributed by atoms with E-state index in [0.29, 0.717) is 17.9 Å². The highest BCUT2D eigenvalue weighted by molar-refractivity contribution is 5.77. The zero-order chi connectivity index (χ0) is 17.2. The average Bonchev–Trinajstić information content (AvgIpc) is 2.57. The van der Waals surface area contributed by atoms with E-state index in [2.05, 4.69) is 0 Å². The molecule has 1 rings (SSSR count). The third-order valence-corrected chi connectivity index (χ3v) is 3.24. The molecule has 1 aromatic rings. The summed E-state index contributed by atoms with van der Waals surface area (Å²) in [6, 6.07) is 5.40. The topological polar surface area (TPSA) is 66.5 Å². The van der Waals surface area contributed by atoms with Gasteiger partial charge in [0.2, 0.25) is 5.91 Å². The van der Waals surface area contributed by atoms with Gasteiger partial charge in [0.15, 0.2) is 13.6 Å². The van der Waals surface area contributed by atoms with Crippen molar-refractivity contribution in [2.75, 3.05) is 42.0 Å². The minimum absolute atomic E-state index is 0.117. The summed E-state index contributed by atoms with van der Waals surface area (Å²) < 4.78 is 20.8. The van der Waals surface area contributed by atoms with Crippen LogP contribution in [0, 0.1) is 5.92 Å². The van der Waals surface area contributed by atoms with Crippen LogP contribution in [-0.2, 0) is 25.5 Å². The van der Waals surface area contributed by atoms with Gasteiger partial charge in [-0.2, -0.15) is 0 Å². The van der Waals surface area contributed by atoms with Crippen molar-refractivity contribution in [1.29, 1.82) is 0 Å². The van der Waals surface area contributed by atoms with Crippen LogP contribution in [0.1, 0.15) is 12.5 Å². The van der Waals surface area contributed by atoms with E-state index < -0.39 is 0 Å². The third kappa shape index (κ3) is 6.05. The molecule has 130 valence electrons. The van der Waals surface area contributed by atoms with Gasteiger partial charge in [0.05, 0.1) is 7.11 Å². The van der Waals surface area contributed by atoms with Gasteiger partial charge in [-0.25, -0.2) is 5.06 Å². The zero-order valence-electron chi connectivity index (χ0n) is 14.3. The first kappa shape index (κ1) is 19.2. The highest BCUT2D eigenvalue weighted by atomic mass is 16.7. The second-order valence-electron chi connectivity index (χ2n) is 4.99. The third-order valence-electron chi connectivity index (χ3n) is 3.24. The van der Waals surface area contributed by atoms with Crippen molar-refractivity contribution in [1.82, 2.24) is 5.06 Å². The molecule has 0 radical (unpaired) electrons. The number of carbonyl (C=O) groups excluding carboxylic acids is 1. The maximum atomic E-state index is 12.1. The summed E-state index contributed by atoms with van der Waals surface area (Å²) in [4.78, 5) is 17.1. The normalized spacial score (nSPS) is 11.9. The molecule has 0 N–H and O–H groups in total. The van der Waals surface area contributed by atoms with Crippen LogP contribution in [0.2, 0.25) is 0 Å². The number of methoxy groups -OCH3 is 2. The molecule has 0 aliphatic carbocycles. The van der Waals surface area contributed by atoms with Gasteiger partial charge in [0.1, 0.15) is 11.5 Å². The molecule has 0 heterocycles. The zero-order valence-corrected chi connectivity index (χ0v) is 14.3. The molecule has 0 aliphatic rings. The van der Waals surface area contributed by atoms with E-state index in [1.807, 2.05) is 13.0 Å². The number of hydrogen-bond donors (Lipinski definition) is 0. The van der Waals surface area contributed by atoms with Crippen molar-refractivity contribution in [3.05, 3.63) is 23.8 Å². The van der Waals surface area contributed by atoms with Gasteiger partial charge in [-0.05, 0) is 30.2 Å². The van der Waals surface area contributed by atoms with Crippen molar-refractivity contribution in [2.45, 2.75) is 13.3 Å². The molecular formula is C16H25NO6. The number of amides is 1. The number of rotatable bonds is 10. The van der Waals surface area contributed by atoms with E-state index in [1.165, 1.54) is 12.2 Å². The Kier molecular flexibility index (Phi) is 8.39. The molecule has 0 spiro atoms. The number of carbonyl (C=O) groups is 1. The van der Waals surface area contributed by atoms with Crippen molar-refractivity contribution < 1.29 is 28.6 Å². The molecule has 23 heavy (non-hydrogen) atoms. The summed E-state index contributed by atoms with van der Waals surface area (Å²) in [6.07, 6.45) is 0.482. The largest absolute Gasteiger partial charge is 0.468 e. The number of hydroxylamine groups is 2. The van der Waals surface area contributed by atoms with Gasteiger partial charge in [0, 0.05) is 27.2 Å². The molecule has 0 saturated carbocycles. The minimum Gasteiger partial charge on any atom is -0.468 e. The fourth-order valence-corrected chi connectivity index (χ4v) is 2.01. The van der Waals surface area contributed by atoms with E-state index in [0.717, 1.165) is 5.56 Å². The smallest absolute Gasteiger partial charge is 0.249 e. The van der Waals surface area contributed by atoms with E-state index in [4.69, 9.17) is 23.8 Å². The summed E-state index contributed by atoms with van der Waals surface area (Å²) in [5.74, 6) is 0.902. The highest BCUT2D eigenvalue weighted by Gasteiger charge is 2.20. The van der Waals surface area contributed by atoms with Crippen LogP contribution < -0.4 is 9.47 Å². The Hall–Kier alpha value is -1.83. The Bertz CT molecular complexity index is 493. The van der Waals surface area contributed by atoms with Crippen molar-refractivity contribution in [2.24, 2.45) is 5.92 Å². The van der Waals surface area contributed by atoms with Gasteiger partial charge >= 0.3 is 0 Å². The van der Waals surface area contributed by atoms with E-state index in [1.54, 1.807) is 33.4 Å². The van der Waals surface area contributed by atoms with Crippen LogP contribution in [0.5, 0.6) is 11.5 Å². The molecule has 7 heteroatoms. The molecule has 0 saturated heterocycles. The summed E-state index contributed by atoms with van der Waals surface area (Å²) >= 11 is 0. The Labute approximate surface area is 137 Å². The van der Waals surface area contributed by atoms with Gasteiger partial charge in [-0.1, -0.05) is 6.92 Å².